The molecule has 3 aromatic rings. The van der Waals surface area contributed by atoms with E-state index in [1.807, 2.05) is 75.4 Å². The van der Waals surface area contributed by atoms with Gasteiger partial charge >= 0.3 is 5.97 Å². The third-order valence-corrected chi connectivity index (χ3v) is 6.71. The minimum absolute atomic E-state index is 0.193. The molecular formula is C30H32N2O4. The van der Waals surface area contributed by atoms with Crippen LogP contribution in [0.1, 0.15) is 35.0 Å². The molecule has 0 N–H and O–H groups in total. The van der Waals surface area contributed by atoms with E-state index in [1.165, 1.54) is 7.11 Å². The number of amides is 1. The van der Waals surface area contributed by atoms with Crippen LogP contribution in [0.4, 0.5) is 0 Å². The van der Waals surface area contributed by atoms with Gasteiger partial charge in [-0.25, -0.2) is 4.79 Å². The first kappa shape index (κ1) is 25.0. The van der Waals surface area contributed by atoms with E-state index in [2.05, 4.69) is 10.6 Å². The molecule has 2 aromatic carbocycles. The molecule has 6 nitrogen and oxygen atoms in total. The van der Waals surface area contributed by atoms with Crippen LogP contribution in [-0.4, -0.2) is 42.1 Å². The van der Waals surface area contributed by atoms with Crippen molar-refractivity contribution in [3.63, 3.8) is 0 Å². The summed E-state index contributed by atoms with van der Waals surface area (Å²) in [5, 5.41) is 0. The van der Waals surface area contributed by atoms with Crippen LogP contribution in [0, 0.1) is 20.8 Å². The van der Waals surface area contributed by atoms with E-state index < -0.39 is 5.97 Å². The fourth-order valence-electron chi connectivity index (χ4n) is 4.82. The minimum Gasteiger partial charge on any atom is -0.495 e. The van der Waals surface area contributed by atoms with Crippen LogP contribution in [0.3, 0.4) is 0 Å². The number of hydrogen-bond donors (Lipinski definition) is 0. The van der Waals surface area contributed by atoms with Crippen molar-refractivity contribution < 1.29 is 19.1 Å². The Morgan fingerprint density at radius 1 is 0.972 bits per heavy atom. The van der Waals surface area contributed by atoms with Crippen molar-refractivity contribution >= 4 is 18.0 Å². The zero-order valence-electron chi connectivity index (χ0n) is 21.7. The molecule has 6 heteroatoms. The Hall–Kier alpha value is -4.06. The average Bonchev–Trinajstić information content (AvgIpc) is 3.28. The molecule has 186 valence electrons. The summed E-state index contributed by atoms with van der Waals surface area (Å²) in [5.41, 5.74) is 7.25. The number of ether oxygens (including phenoxy) is 2. The van der Waals surface area contributed by atoms with Gasteiger partial charge in [-0.1, -0.05) is 36.4 Å². The van der Waals surface area contributed by atoms with Crippen LogP contribution < -0.4 is 4.74 Å². The van der Waals surface area contributed by atoms with Gasteiger partial charge in [0.25, 0.3) is 5.91 Å². The van der Waals surface area contributed by atoms with Crippen molar-refractivity contribution in [1.82, 2.24) is 9.47 Å². The summed E-state index contributed by atoms with van der Waals surface area (Å²) in [6.07, 6.45) is 2.50. The van der Waals surface area contributed by atoms with Gasteiger partial charge in [0, 0.05) is 23.6 Å². The number of esters is 1. The van der Waals surface area contributed by atoms with Gasteiger partial charge in [0.2, 0.25) is 0 Å². The Kier molecular flexibility index (Phi) is 7.15. The number of hydrogen-bond acceptors (Lipinski definition) is 4. The predicted octanol–water partition coefficient (Wildman–Crippen LogP) is 5.33. The predicted molar refractivity (Wildman–Crippen MR) is 141 cm³/mol. The van der Waals surface area contributed by atoms with Gasteiger partial charge in [-0.05, 0) is 75.1 Å². The smallest absolute Gasteiger partial charge is 0.340 e. The molecule has 0 fully saturated rings. The van der Waals surface area contributed by atoms with Crippen LogP contribution in [-0.2, 0) is 20.7 Å². The van der Waals surface area contributed by atoms with E-state index >= 15 is 0 Å². The Morgan fingerprint density at radius 2 is 1.69 bits per heavy atom. The zero-order valence-corrected chi connectivity index (χ0v) is 21.7. The van der Waals surface area contributed by atoms with E-state index in [4.69, 9.17) is 9.47 Å². The lowest BCUT2D eigenvalue weighted by Gasteiger charge is -2.17. The maximum atomic E-state index is 13.6. The lowest BCUT2D eigenvalue weighted by molar-refractivity contribution is -0.136. The summed E-state index contributed by atoms with van der Waals surface area (Å²) in [6, 6.07) is 18.1. The van der Waals surface area contributed by atoms with Gasteiger partial charge in [0.15, 0.2) is 0 Å². The molecule has 0 atom stereocenters. The van der Waals surface area contributed by atoms with Crippen molar-refractivity contribution in [3.05, 3.63) is 99.5 Å². The molecule has 4 rings (SSSR count). The molecule has 0 saturated heterocycles. The van der Waals surface area contributed by atoms with Crippen LogP contribution in [0.2, 0.25) is 0 Å². The molecule has 0 aliphatic carbocycles. The molecule has 0 bridgehead atoms. The number of carbonyl (C=O) groups excluding carboxylic acids is 2. The summed E-state index contributed by atoms with van der Waals surface area (Å²) in [7, 11) is 3.00. The topological polar surface area (TPSA) is 60.8 Å². The quantitative estimate of drug-likeness (QED) is 0.336. The van der Waals surface area contributed by atoms with E-state index in [-0.39, 0.29) is 5.91 Å². The van der Waals surface area contributed by atoms with Crippen LogP contribution in [0.5, 0.6) is 5.75 Å². The summed E-state index contributed by atoms with van der Waals surface area (Å²) < 4.78 is 12.8. The Morgan fingerprint density at radius 3 is 2.36 bits per heavy atom. The second kappa shape index (κ2) is 10.3. The van der Waals surface area contributed by atoms with Crippen molar-refractivity contribution in [2.75, 3.05) is 20.8 Å². The van der Waals surface area contributed by atoms with Gasteiger partial charge in [-0.15, -0.1) is 0 Å². The molecule has 2 heterocycles. The molecule has 1 aliphatic rings. The molecule has 0 unspecified atom stereocenters. The fourth-order valence-corrected chi connectivity index (χ4v) is 4.82. The summed E-state index contributed by atoms with van der Waals surface area (Å²) in [4.78, 5) is 28.0. The molecule has 1 aromatic heterocycles. The molecule has 0 radical (unpaired) electrons. The molecule has 1 amide bonds. The van der Waals surface area contributed by atoms with Gasteiger partial charge < -0.3 is 18.9 Å². The number of aromatic nitrogens is 1. The number of methoxy groups -OCH3 is 2. The lowest BCUT2D eigenvalue weighted by Crippen LogP contribution is -2.27. The van der Waals surface area contributed by atoms with E-state index in [0.29, 0.717) is 29.8 Å². The Balaban J connectivity index is 1.75. The fraction of sp³-hybridized carbons (Fsp3) is 0.267. The summed E-state index contributed by atoms with van der Waals surface area (Å²) in [6.45, 7) is 8.34. The molecular weight excluding hydrogens is 452 g/mol. The highest BCUT2D eigenvalue weighted by Crippen LogP contribution is 2.34. The number of allylic oxidation sites excluding steroid dienone is 1. The first-order valence-electron chi connectivity index (χ1n) is 12.0. The van der Waals surface area contributed by atoms with E-state index in [0.717, 1.165) is 39.5 Å². The summed E-state index contributed by atoms with van der Waals surface area (Å²) in [5.74, 6) is 0.0573. The van der Waals surface area contributed by atoms with E-state index in [9.17, 15) is 9.59 Å². The van der Waals surface area contributed by atoms with E-state index in [1.54, 1.807) is 18.9 Å². The maximum Gasteiger partial charge on any atom is 0.340 e. The normalized spacial score (nSPS) is 14.7. The number of nitrogens with zero attached hydrogens (tertiary/aromatic N) is 2. The highest BCUT2D eigenvalue weighted by molar-refractivity contribution is 6.16. The van der Waals surface area contributed by atoms with Crippen LogP contribution in [0.25, 0.3) is 11.8 Å². The average molecular weight is 485 g/mol. The third-order valence-electron chi connectivity index (χ3n) is 6.71. The number of aryl methyl sites for hydroxylation is 2. The van der Waals surface area contributed by atoms with Crippen molar-refractivity contribution in [2.45, 2.75) is 34.1 Å². The zero-order chi connectivity index (χ0) is 26.0. The van der Waals surface area contributed by atoms with Crippen molar-refractivity contribution in [1.29, 1.82) is 0 Å². The van der Waals surface area contributed by atoms with Crippen LogP contribution >= 0.6 is 0 Å². The molecule has 0 saturated carbocycles. The minimum atomic E-state index is -0.511. The van der Waals surface area contributed by atoms with Gasteiger partial charge in [0.1, 0.15) is 5.75 Å². The second-order valence-corrected chi connectivity index (χ2v) is 9.04. The lowest BCUT2D eigenvalue weighted by atomic mass is 10.0. The summed E-state index contributed by atoms with van der Waals surface area (Å²) >= 11 is 0. The number of carbonyl (C=O) groups is 2. The van der Waals surface area contributed by atoms with Crippen molar-refractivity contribution in [3.8, 4) is 11.4 Å². The first-order valence-corrected chi connectivity index (χ1v) is 12.0. The highest BCUT2D eigenvalue weighted by Gasteiger charge is 2.37. The molecule has 1 aliphatic heterocycles. The van der Waals surface area contributed by atoms with Crippen LogP contribution in [0.15, 0.2) is 71.4 Å². The second-order valence-electron chi connectivity index (χ2n) is 9.04. The highest BCUT2D eigenvalue weighted by atomic mass is 16.5. The van der Waals surface area contributed by atoms with Gasteiger partial charge in [-0.3, -0.25) is 4.79 Å². The first-order chi connectivity index (χ1) is 17.3. The maximum absolute atomic E-state index is 13.6. The Bertz CT molecular complexity index is 1380. The third kappa shape index (κ3) is 4.59. The molecule has 0 spiro atoms. The molecule has 36 heavy (non-hydrogen) atoms. The van der Waals surface area contributed by atoms with Gasteiger partial charge in [-0.2, -0.15) is 0 Å². The number of benzene rings is 2. The van der Waals surface area contributed by atoms with Crippen molar-refractivity contribution in [2.24, 2.45) is 0 Å². The largest absolute Gasteiger partial charge is 0.495 e. The monoisotopic (exact) mass is 484 g/mol. The Labute approximate surface area is 212 Å². The standard InChI is InChI=1S/C30H32N2O4/c1-19-12-13-27(35-5)26(16-19)32-20(2)17-24(21(32)3)18-25-28(30(34)36-6)22(4)31(29(25)33)15-14-23-10-8-7-9-11-23/h7-13,16-18H,14-15H2,1-6H3. The number of rotatable bonds is 7. The van der Waals surface area contributed by atoms with Gasteiger partial charge in [0.05, 0.1) is 31.1 Å². The SMILES string of the molecule is COC(=O)C1=C(C)N(CCc2ccccc2)C(=O)C1=Cc1cc(C)n(-c2cc(C)ccc2OC)c1C.